The number of carbonyl (C=O) groups is 1. The fourth-order valence-corrected chi connectivity index (χ4v) is 3.27. The van der Waals surface area contributed by atoms with E-state index in [1.807, 2.05) is 17.9 Å². The van der Waals surface area contributed by atoms with Crippen LogP contribution in [0.25, 0.3) is 0 Å². The molecule has 0 aliphatic carbocycles. The molecule has 1 N–H and O–H groups in total. The lowest BCUT2D eigenvalue weighted by atomic mass is 10.1. The van der Waals surface area contributed by atoms with Gasteiger partial charge in [0.05, 0.1) is 6.54 Å². The highest BCUT2D eigenvalue weighted by Gasteiger charge is 2.28. The summed E-state index contributed by atoms with van der Waals surface area (Å²) >= 11 is 0. The third kappa shape index (κ3) is 4.79. The van der Waals surface area contributed by atoms with Gasteiger partial charge in [-0.15, -0.1) is 0 Å². The van der Waals surface area contributed by atoms with Crippen LogP contribution in [0.15, 0.2) is 43.0 Å². The smallest absolute Gasteiger partial charge is 0.317 e. The highest BCUT2D eigenvalue weighted by atomic mass is 16.2. The molecule has 1 aliphatic heterocycles. The van der Waals surface area contributed by atoms with Crippen LogP contribution in [0, 0.1) is 0 Å². The van der Waals surface area contributed by atoms with Crippen molar-refractivity contribution in [3.05, 3.63) is 48.5 Å². The van der Waals surface area contributed by atoms with Crippen LogP contribution < -0.4 is 5.32 Å². The minimum absolute atomic E-state index is 0.000485. The summed E-state index contributed by atoms with van der Waals surface area (Å²) in [6, 6.07) is 10.7. The first kappa shape index (κ1) is 17.4. The molecule has 0 radical (unpaired) electrons. The van der Waals surface area contributed by atoms with Gasteiger partial charge in [0.2, 0.25) is 0 Å². The Morgan fingerprint density at radius 2 is 2.12 bits per heavy atom. The van der Waals surface area contributed by atoms with E-state index in [4.69, 9.17) is 0 Å². The van der Waals surface area contributed by atoms with Crippen molar-refractivity contribution in [2.75, 3.05) is 19.6 Å². The van der Waals surface area contributed by atoms with E-state index in [-0.39, 0.29) is 18.1 Å². The molecule has 134 valence electrons. The number of urea groups is 1. The molecule has 1 fully saturated rings. The molecule has 1 aromatic heterocycles. The van der Waals surface area contributed by atoms with E-state index in [1.54, 1.807) is 11.0 Å². The Balaban J connectivity index is 1.48. The molecule has 1 unspecified atom stereocenters. The Morgan fingerprint density at radius 3 is 2.80 bits per heavy atom. The van der Waals surface area contributed by atoms with Gasteiger partial charge in [-0.2, -0.15) is 5.10 Å². The molecule has 2 aromatic rings. The second-order valence-corrected chi connectivity index (χ2v) is 6.73. The molecule has 1 aromatic carbocycles. The van der Waals surface area contributed by atoms with Crippen LogP contribution in [0.2, 0.25) is 0 Å². The number of benzene rings is 1. The second kappa shape index (κ2) is 8.11. The summed E-state index contributed by atoms with van der Waals surface area (Å²) in [6.07, 6.45) is 3.16. The maximum atomic E-state index is 12.6. The monoisotopic (exact) mass is 342 g/mol. The van der Waals surface area contributed by atoms with E-state index in [0.29, 0.717) is 6.54 Å². The van der Waals surface area contributed by atoms with Crippen LogP contribution in [-0.2, 0) is 13.1 Å². The molecule has 2 heterocycles. The third-order valence-electron chi connectivity index (χ3n) is 4.52. The van der Waals surface area contributed by atoms with Crippen molar-refractivity contribution >= 4 is 6.03 Å². The summed E-state index contributed by atoms with van der Waals surface area (Å²) in [5, 5.41) is 7.14. The fraction of sp³-hybridized carbons (Fsp3) is 0.500. The average molecular weight is 342 g/mol. The molecule has 7 nitrogen and oxygen atoms in total. The maximum Gasteiger partial charge on any atom is 0.317 e. The lowest BCUT2D eigenvalue weighted by Gasteiger charge is -2.40. The van der Waals surface area contributed by atoms with E-state index in [1.165, 1.54) is 11.9 Å². The summed E-state index contributed by atoms with van der Waals surface area (Å²) in [4.78, 5) is 20.8. The summed E-state index contributed by atoms with van der Waals surface area (Å²) < 4.78 is 1.73. The molecule has 25 heavy (non-hydrogen) atoms. The summed E-state index contributed by atoms with van der Waals surface area (Å²) in [5.41, 5.74) is 1.31. The zero-order valence-corrected chi connectivity index (χ0v) is 14.9. The number of nitrogens with one attached hydrogen (secondary N) is 1. The quantitative estimate of drug-likeness (QED) is 0.896. The van der Waals surface area contributed by atoms with Crippen molar-refractivity contribution in [1.82, 2.24) is 29.9 Å². The van der Waals surface area contributed by atoms with Gasteiger partial charge in [-0.3, -0.25) is 9.58 Å². The Hall–Kier alpha value is -2.41. The van der Waals surface area contributed by atoms with Gasteiger partial charge in [0.25, 0.3) is 0 Å². The number of hydrogen-bond donors (Lipinski definition) is 1. The molecule has 0 bridgehead atoms. The lowest BCUT2D eigenvalue weighted by molar-refractivity contribution is 0.0959. The standard InChI is InChI=1S/C18H26N6O/c1-15(10-23-14-19-13-20-23)21-18(25)24-9-8-22(11-16(24)2)12-17-6-4-3-5-7-17/h3-7,13-16H,8-12H2,1-2H3,(H,21,25)/t15?,16-/m1/s1. The molecular weight excluding hydrogens is 316 g/mol. The normalized spacial score (nSPS) is 19.6. The largest absolute Gasteiger partial charge is 0.334 e. The molecule has 0 saturated carbocycles. The van der Waals surface area contributed by atoms with Crippen molar-refractivity contribution in [1.29, 1.82) is 0 Å². The minimum atomic E-state index is -0.000485. The fourth-order valence-electron chi connectivity index (χ4n) is 3.27. The van der Waals surface area contributed by atoms with E-state index in [9.17, 15) is 4.79 Å². The number of piperazine rings is 1. The Morgan fingerprint density at radius 1 is 1.32 bits per heavy atom. The third-order valence-corrected chi connectivity index (χ3v) is 4.52. The van der Waals surface area contributed by atoms with Gasteiger partial charge in [0.1, 0.15) is 12.7 Å². The lowest BCUT2D eigenvalue weighted by Crippen LogP contribution is -2.57. The minimum Gasteiger partial charge on any atom is -0.334 e. The van der Waals surface area contributed by atoms with E-state index in [2.05, 4.69) is 51.5 Å². The molecule has 0 spiro atoms. The average Bonchev–Trinajstić information content (AvgIpc) is 3.08. The van der Waals surface area contributed by atoms with E-state index in [0.717, 1.165) is 26.2 Å². The van der Waals surface area contributed by atoms with Crippen molar-refractivity contribution < 1.29 is 4.79 Å². The zero-order valence-electron chi connectivity index (χ0n) is 14.9. The summed E-state index contributed by atoms with van der Waals surface area (Å²) in [5.74, 6) is 0. The molecule has 2 amide bonds. The van der Waals surface area contributed by atoms with Gasteiger partial charge in [-0.25, -0.2) is 9.78 Å². The molecule has 1 saturated heterocycles. The Labute approximate surface area is 148 Å². The molecular formula is C18H26N6O. The predicted molar refractivity (Wildman–Crippen MR) is 95.9 cm³/mol. The van der Waals surface area contributed by atoms with Crippen molar-refractivity contribution in [2.24, 2.45) is 0 Å². The van der Waals surface area contributed by atoms with Gasteiger partial charge < -0.3 is 10.2 Å². The molecule has 2 atom stereocenters. The molecule has 7 heteroatoms. The van der Waals surface area contributed by atoms with Gasteiger partial charge >= 0.3 is 6.03 Å². The maximum absolute atomic E-state index is 12.6. The van der Waals surface area contributed by atoms with Crippen LogP contribution in [0.1, 0.15) is 19.4 Å². The van der Waals surface area contributed by atoms with Crippen molar-refractivity contribution in [3.63, 3.8) is 0 Å². The van der Waals surface area contributed by atoms with E-state index >= 15 is 0 Å². The molecule has 3 rings (SSSR count). The van der Waals surface area contributed by atoms with Crippen LogP contribution in [0.4, 0.5) is 4.79 Å². The number of hydrogen-bond acceptors (Lipinski definition) is 4. The number of nitrogens with zero attached hydrogens (tertiary/aromatic N) is 5. The van der Waals surface area contributed by atoms with Gasteiger partial charge in [-0.1, -0.05) is 30.3 Å². The topological polar surface area (TPSA) is 66.3 Å². The highest BCUT2D eigenvalue weighted by Crippen LogP contribution is 2.13. The number of amides is 2. The molecule has 1 aliphatic rings. The number of rotatable bonds is 5. The predicted octanol–water partition coefficient (Wildman–Crippen LogP) is 1.58. The van der Waals surface area contributed by atoms with Crippen LogP contribution in [-0.4, -0.2) is 62.3 Å². The Kier molecular flexibility index (Phi) is 5.65. The number of carbonyl (C=O) groups excluding carboxylic acids is 1. The van der Waals surface area contributed by atoms with Crippen molar-refractivity contribution in [3.8, 4) is 0 Å². The summed E-state index contributed by atoms with van der Waals surface area (Å²) in [7, 11) is 0. The van der Waals surface area contributed by atoms with Gasteiger partial charge in [0, 0.05) is 38.3 Å². The zero-order chi connectivity index (χ0) is 17.6. The first-order valence-electron chi connectivity index (χ1n) is 8.77. The highest BCUT2D eigenvalue weighted by molar-refractivity contribution is 5.75. The van der Waals surface area contributed by atoms with Gasteiger partial charge in [0.15, 0.2) is 0 Å². The van der Waals surface area contributed by atoms with Crippen LogP contribution in [0.3, 0.4) is 0 Å². The first-order valence-corrected chi connectivity index (χ1v) is 8.77. The van der Waals surface area contributed by atoms with Crippen LogP contribution >= 0.6 is 0 Å². The Bertz CT molecular complexity index is 659. The van der Waals surface area contributed by atoms with Crippen molar-refractivity contribution in [2.45, 2.75) is 39.0 Å². The van der Waals surface area contributed by atoms with E-state index < -0.39 is 0 Å². The first-order chi connectivity index (χ1) is 12.1. The second-order valence-electron chi connectivity index (χ2n) is 6.73. The SMILES string of the molecule is CC(Cn1cncn1)NC(=O)N1CCN(Cc2ccccc2)C[C@H]1C. The summed E-state index contributed by atoms with van der Waals surface area (Å²) in [6.45, 7) is 8.17. The van der Waals surface area contributed by atoms with Crippen LogP contribution in [0.5, 0.6) is 0 Å². The van der Waals surface area contributed by atoms with Gasteiger partial charge in [-0.05, 0) is 19.4 Å². The number of aromatic nitrogens is 3.